The van der Waals surface area contributed by atoms with Gasteiger partial charge in [0, 0.05) is 24.2 Å². The van der Waals surface area contributed by atoms with Gasteiger partial charge < -0.3 is 10.2 Å². The zero-order valence-corrected chi connectivity index (χ0v) is 11.2. The molecular weight excluding hydrogens is 202 g/mol. The summed E-state index contributed by atoms with van der Waals surface area (Å²) in [4.78, 5) is 2.41. The highest BCUT2D eigenvalue weighted by Gasteiger charge is 2.45. The molecule has 0 amide bonds. The van der Waals surface area contributed by atoms with Crippen LogP contribution in [-0.2, 0) is 0 Å². The second kappa shape index (κ2) is 5.03. The average molecular weight is 229 g/mol. The fourth-order valence-corrected chi connectivity index (χ4v) is 3.36. The Labute approximate surface area is 99.5 Å². The summed E-state index contributed by atoms with van der Waals surface area (Å²) in [6.07, 6.45) is 3.18. The molecule has 1 saturated heterocycles. The number of nitrogens with zero attached hydrogens (tertiary/aromatic N) is 1. The lowest BCUT2D eigenvalue weighted by molar-refractivity contribution is -0.0770. The van der Waals surface area contributed by atoms with Gasteiger partial charge in [-0.3, -0.25) is 4.90 Å². The molecule has 0 spiro atoms. The summed E-state index contributed by atoms with van der Waals surface area (Å²) in [5.74, 6) is 0.525. The molecule has 3 heteroatoms. The van der Waals surface area contributed by atoms with E-state index in [4.69, 9.17) is 5.11 Å². The molecule has 0 aromatic carbocycles. The molecule has 1 aliphatic rings. The maximum absolute atomic E-state index is 9.21. The summed E-state index contributed by atoms with van der Waals surface area (Å²) in [5.41, 5.74) is 0.214. The smallest absolute Gasteiger partial charge is 0.0558 e. The van der Waals surface area contributed by atoms with Gasteiger partial charge in [0.25, 0.3) is 0 Å². The molecule has 1 unspecified atom stereocenters. The molecule has 3 nitrogen and oxygen atoms in total. The van der Waals surface area contributed by atoms with Crippen LogP contribution in [-0.4, -0.2) is 45.9 Å². The monoisotopic (exact) mass is 229 g/mol. The van der Waals surface area contributed by atoms with Crippen LogP contribution < -0.4 is 0 Å². The van der Waals surface area contributed by atoms with Crippen LogP contribution in [0.25, 0.3) is 0 Å². The Morgan fingerprint density at radius 1 is 1.12 bits per heavy atom. The minimum absolute atomic E-state index is 0.0627. The number of hydrogen-bond donors (Lipinski definition) is 2. The molecule has 1 atom stereocenters. The summed E-state index contributed by atoms with van der Waals surface area (Å²) in [6.45, 7) is 10.2. The first-order valence-electron chi connectivity index (χ1n) is 6.35. The molecular formula is C13H27NO2. The largest absolute Gasteiger partial charge is 0.396 e. The van der Waals surface area contributed by atoms with Gasteiger partial charge in [-0.1, -0.05) is 0 Å². The minimum Gasteiger partial charge on any atom is -0.396 e. The summed E-state index contributed by atoms with van der Waals surface area (Å²) in [7, 11) is 0. The van der Waals surface area contributed by atoms with Crippen LogP contribution in [0.15, 0.2) is 0 Å². The Bertz CT molecular complexity index is 226. The van der Waals surface area contributed by atoms with E-state index < -0.39 is 0 Å². The lowest BCUT2D eigenvalue weighted by Crippen LogP contribution is -2.63. The summed E-state index contributed by atoms with van der Waals surface area (Å²) in [6, 6.07) is 0. The second-order valence-corrected chi connectivity index (χ2v) is 6.09. The standard InChI is InChI=1S/C13H27NO2/c1-12(2)7-5-11(6-9-15)13(3,4)14(12)8-10-16/h11,15-16H,5-10H2,1-4H3. The summed E-state index contributed by atoms with van der Waals surface area (Å²) < 4.78 is 0. The Hall–Kier alpha value is -0.120. The molecule has 96 valence electrons. The van der Waals surface area contributed by atoms with E-state index in [0.29, 0.717) is 5.92 Å². The maximum atomic E-state index is 9.21. The van der Waals surface area contributed by atoms with Crippen LogP contribution in [0.2, 0.25) is 0 Å². The number of likely N-dealkylation sites (tertiary alicyclic amines) is 1. The van der Waals surface area contributed by atoms with E-state index in [2.05, 4.69) is 32.6 Å². The molecule has 2 N–H and O–H groups in total. The Balaban J connectivity index is 2.87. The number of piperidine rings is 1. The number of aliphatic hydroxyl groups is 2. The van der Waals surface area contributed by atoms with E-state index in [1.54, 1.807) is 0 Å². The van der Waals surface area contributed by atoms with E-state index in [0.717, 1.165) is 19.4 Å². The van der Waals surface area contributed by atoms with Gasteiger partial charge in [-0.25, -0.2) is 0 Å². The van der Waals surface area contributed by atoms with Crippen LogP contribution in [0.3, 0.4) is 0 Å². The molecule has 16 heavy (non-hydrogen) atoms. The fourth-order valence-electron chi connectivity index (χ4n) is 3.36. The van der Waals surface area contributed by atoms with Gasteiger partial charge >= 0.3 is 0 Å². The van der Waals surface area contributed by atoms with Crippen molar-refractivity contribution in [3.05, 3.63) is 0 Å². The van der Waals surface area contributed by atoms with Crippen LogP contribution in [0.1, 0.15) is 47.0 Å². The van der Waals surface area contributed by atoms with E-state index in [9.17, 15) is 5.11 Å². The van der Waals surface area contributed by atoms with Gasteiger partial charge in [0.15, 0.2) is 0 Å². The van der Waals surface area contributed by atoms with Crippen molar-refractivity contribution in [2.45, 2.75) is 58.0 Å². The van der Waals surface area contributed by atoms with Crippen molar-refractivity contribution in [1.82, 2.24) is 4.90 Å². The predicted octanol–water partition coefficient (Wildman–Crippen LogP) is 1.63. The van der Waals surface area contributed by atoms with E-state index in [-0.39, 0.29) is 24.3 Å². The number of rotatable bonds is 4. The molecule has 0 saturated carbocycles. The lowest BCUT2D eigenvalue weighted by atomic mass is 9.71. The highest BCUT2D eigenvalue weighted by molar-refractivity contribution is 5.01. The van der Waals surface area contributed by atoms with E-state index >= 15 is 0 Å². The SMILES string of the molecule is CC1(C)CCC(CCO)C(C)(C)N1CCO. The van der Waals surface area contributed by atoms with E-state index in [1.807, 2.05) is 0 Å². The summed E-state index contributed by atoms with van der Waals surface area (Å²) in [5, 5.41) is 18.3. The number of β-amino-alcohol motifs (C(OH)–C–C–N with tert-alkyl or cyclic N) is 1. The predicted molar refractivity (Wildman–Crippen MR) is 66.4 cm³/mol. The van der Waals surface area contributed by atoms with Gasteiger partial charge in [-0.15, -0.1) is 0 Å². The molecule has 1 fully saturated rings. The van der Waals surface area contributed by atoms with Crippen molar-refractivity contribution in [2.24, 2.45) is 5.92 Å². The first-order valence-corrected chi connectivity index (χ1v) is 6.35. The van der Waals surface area contributed by atoms with E-state index in [1.165, 1.54) is 6.42 Å². The fraction of sp³-hybridized carbons (Fsp3) is 1.00. The van der Waals surface area contributed by atoms with Crippen LogP contribution in [0.5, 0.6) is 0 Å². The first kappa shape index (κ1) is 13.9. The van der Waals surface area contributed by atoms with Crippen LogP contribution >= 0.6 is 0 Å². The Morgan fingerprint density at radius 3 is 2.25 bits per heavy atom. The zero-order chi connectivity index (χ0) is 12.4. The second-order valence-electron chi connectivity index (χ2n) is 6.09. The normalized spacial score (nSPS) is 29.2. The molecule has 1 heterocycles. The summed E-state index contributed by atoms with van der Waals surface area (Å²) >= 11 is 0. The number of hydrogen-bond acceptors (Lipinski definition) is 3. The third-order valence-corrected chi connectivity index (χ3v) is 4.33. The average Bonchev–Trinajstić information content (AvgIpc) is 2.18. The molecule has 0 bridgehead atoms. The first-order chi connectivity index (χ1) is 7.36. The maximum Gasteiger partial charge on any atom is 0.0558 e. The quantitative estimate of drug-likeness (QED) is 0.770. The van der Waals surface area contributed by atoms with Crippen molar-refractivity contribution in [1.29, 1.82) is 0 Å². The zero-order valence-electron chi connectivity index (χ0n) is 11.2. The molecule has 0 radical (unpaired) electrons. The Morgan fingerprint density at radius 2 is 1.75 bits per heavy atom. The lowest BCUT2D eigenvalue weighted by Gasteiger charge is -2.56. The van der Waals surface area contributed by atoms with Crippen LogP contribution in [0.4, 0.5) is 0 Å². The highest BCUT2D eigenvalue weighted by atomic mass is 16.3. The molecule has 0 aromatic heterocycles. The van der Waals surface area contributed by atoms with Gasteiger partial charge in [0.2, 0.25) is 0 Å². The van der Waals surface area contributed by atoms with Gasteiger partial charge in [0.1, 0.15) is 0 Å². The topological polar surface area (TPSA) is 43.7 Å². The Kier molecular flexibility index (Phi) is 4.38. The van der Waals surface area contributed by atoms with Gasteiger partial charge in [-0.2, -0.15) is 0 Å². The molecule has 0 aromatic rings. The van der Waals surface area contributed by atoms with Gasteiger partial charge in [0.05, 0.1) is 6.61 Å². The molecule has 1 aliphatic heterocycles. The highest BCUT2D eigenvalue weighted by Crippen LogP contribution is 2.42. The minimum atomic E-state index is 0.0627. The number of aliphatic hydroxyl groups excluding tert-OH is 2. The van der Waals surface area contributed by atoms with Crippen molar-refractivity contribution in [2.75, 3.05) is 19.8 Å². The van der Waals surface area contributed by atoms with Crippen molar-refractivity contribution in [3.63, 3.8) is 0 Å². The third-order valence-electron chi connectivity index (χ3n) is 4.33. The van der Waals surface area contributed by atoms with Crippen molar-refractivity contribution in [3.8, 4) is 0 Å². The molecule has 1 rings (SSSR count). The third kappa shape index (κ3) is 2.58. The van der Waals surface area contributed by atoms with Crippen LogP contribution in [0, 0.1) is 5.92 Å². The van der Waals surface area contributed by atoms with Gasteiger partial charge in [-0.05, 0) is 52.9 Å². The molecule has 0 aliphatic carbocycles. The van der Waals surface area contributed by atoms with Crippen molar-refractivity contribution >= 4 is 0 Å². The van der Waals surface area contributed by atoms with Crippen molar-refractivity contribution < 1.29 is 10.2 Å².